The maximum atomic E-state index is 13.3. The van der Waals surface area contributed by atoms with Crippen molar-refractivity contribution in [2.24, 2.45) is 0 Å². The van der Waals surface area contributed by atoms with Crippen molar-refractivity contribution < 1.29 is 13.9 Å². The average molecular weight is 310 g/mol. The average Bonchev–Trinajstić information content (AvgIpc) is 2.55. The van der Waals surface area contributed by atoms with Crippen LogP contribution < -0.4 is 5.32 Å². The van der Waals surface area contributed by atoms with Crippen LogP contribution in [0.3, 0.4) is 0 Å². The number of hydrogen-bond donors (Lipinski definition) is 1. The first-order valence-corrected chi connectivity index (χ1v) is 7.26. The van der Waals surface area contributed by atoms with Crippen LogP contribution in [-0.2, 0) is 4.74 Å². The number of nitrogens with zero attached hydrogens (tertiary/aromatic N) is 1. The number of hydrogen-bond acceptors (Lipinski definition) is 4. The number of carbonyl (C=O) groups excluding carboxylic acids is 1. The van der Waals surface area contributed by atoms with E-state index in [0.717, 1.165) is 16.8 Å². The second kappa shape index (κ2) is 6.44. The minimum atomic E-state index is -0.363. The van der Waals surface area contributed by atoms with Crippen LogP contribution in [0.4, 0.5) is 15.8 Å². The third-order valence-corrected chi connectivity index (χ3v) is 3.36. The SMILES string of the molecule is CCOC(=O)c1cccc(Nc2ccnc3cc(F)ccc23)c1. The number of ether oxygens (including phenoxy) is 1. The summed E-state index contributed by atoms with van der Waals surface area (Å²) >= 11 is 0. The van der Waals surface area contributed by atoms with E-state index in [1.54, 1.807) is 43.5 Å². The van der Waals surface area contributed by atoms with Gasteiger partial charge < -0.3 is 10.1 Å². The summed E-state index contributed by atoms with van der Waals surface area (Å²) in [7, 11) is 0. The zero-order valence-corrected chi connectivity index (χ0v) is 12.5. The Hall–Kier alpha value is -2.95. The first-order valence-electron chi connectivity index (χ1n) is 7.26. The maximum absolute atomic E-state index is 13.3. The van der Waals surface area contributed by atoms with Gasteiger partial charge in [0.2, 0.25) is 0 Å². The van der Waals surface area contributed by atoms with Crippen molar-refractivity contribution in [2.45, 2.75) is 6.92 Å². The van der Waals surface area contributed by atoms with Gasteiger partial charge in [-0.1, -0.05) is 6.07 Å². The smallest absolute Gasteiger partial charge is 0.338 e. The molecular weight excluding hydrogens is 295 g/mol. The topological polar surface area (TPSA) is 51.2 Å². The first kappa shape index (κ1) is 15.0. The van der Waals surface area contributed by atoms with E-state index in [4.69, 9.17) is 4.74 Å². The van der Waals surface area contributed by atoms with Gasteiger partial charge in [0.25, 0.3) is 0 Å². The molecule has 1 heterocycles. The lowest BCUT2D eigenvalue weighted by atomic mass is 10.1. The van der Waals surface area contributed by atoms with E-state index in [1.807, 2.05) is 6.07 Å². The highest BCUT2D eigenvalue weighted by Crippen LogP contribution is 2.26. The van der Waals surface area contributed by atoms with Gasteiger partial charge in [-0.2, -0.15) is 0 Å². The number of fused-ring (bicyclic) bond motifs is 1. The second-order valence-corrected chi connectivity index (χ2v) is 4.95. The summed E-state index contributed by atoms with van der Waals surface area (Å²) in [6, 6.07) is 13.3. The van der Waals surface area contributed by atoms with E-state index in [9.17, 15) is 9.18 Å². The summed E-state index contributed by atoms with van der Waals surface area (Å²) in [5.41, 5.74) is 2.57. The number of halogens is 1. The second-order valence-electron chi connectivity index (χ2n) is 4.95. The highest BCUT2D eigenvalue weighted by molar-refractivity contribution is 5.94. The molecule has 23 heavy (non-hydrogen) atoms. The number of pyridine rings is 1. The van der Waals surface area contributed by atoms with E-state index >= 15 is 0 Å². The maximum Gasteiger partial charge on any atom is 0.338 e. The van der Waals surface area contributed by atoms with E-state index in [0.29, 0.717) is 17.7 Å². The molecule has 0 radical (unpaired) electrons. The molecule has 0 aliphatic carbocycles. The van der Waals surface area contributed by atoms with Gasteiger partial charge in [0.15, 0.2) is 0 Å². The molecule has 0 saturated carbocycles. The number of benzene rings is 2. The summed E-state index contributed by atoms with van der Waals surface area (Å²) in [5.74, 6) is -0.690. The van der Waals surface area contributed by atoms with Crippen LogP contribution in [0.25, 0.3) is 10.9 Å². The van der Waals surface area contributed by atoms with Crippen LogP contribution in [0, 0.1) is 5.82 Å². The molecule has 0 unspecified atom stereocenters. The van der Waals surface area contributed by atoms with Crippen molar-refractivity contribution in [3.63, 3.8) is 0 Å². The molecule has 0 saturated heterocycles. The summed E-state index contributed by atoms with van der Waals surface area (Å²) in [5, 5.41) is 4.03. The Bertz CT molecular complexity index is 865. The third kappa shape index (κ3) is 3.29. The molecule has 1 N–H and O–H groups in total. The quantitative estimate of drug-likeness (QED) is 0.730. The highest BCUT2D eigenvalue weighted by Gasteiger charge is 2.08. The molecule has 2 aromatic carbocycles. The molecule has 0 aliphatic heterocycles. The van der Waals surface area contributed by atoms with Crippen LogP contribution >= 0.6 is 0 Å². The van der Waals surface area contributed by atoms with Gasteiger partial charge in [-0.15, -0.1) is 0 Å². The van der Waals surface area contributed by atoms with Crippen LogP contribution in [0.15, 0.2) is 54.7 Å². The lowest BCUT2D eigenvalue weighted by molar-refractivity contribution is 0.0526. The molecule has 0 atom stereocenters. The Morgan fingerprint density at radius 3 is 2.91 bits per heavy atom. The molecule has 0 spiro atoms. The number of carbonyl (C=O) groups is 1. The van der Waals surface area contributed by atoms with E-state index < -0.39 is 0 Å². The third-order valence-electron chi connectivity index (χ3n) is 3.36. The number of aromatic nitrogens is 1. The van der Waals surface area contributed by atoms with Gasteiger partial charge >= 0.3 is 5.97 Å². The molecule has 116 valence electrons. The van der Waals surface area contributed by atoms with Gasteiger partial charge in [0, 0.05) is 29.0 Å². The van der Waals surface area contributed by atoms with E-state index in [-0.39, 0.29) is 11.8 Å². The Morgan fingerprint density at radius 1 is 1.22 bits per heavy atom. The van der Waals surface area contributed by atoms with Crippen LogP contribution in [-0.4, -0.2) is 17.6 Å². The molecule has 0 bridgehead atoms. The van der Waals surface area contributed by atoms with Crippen molar-refractivity contribution in [3.8, 4) is 0 Å². The summed E-state index contributed by atoms with van der Waals surface area (Å²) in [6.45, 7) is 2.10. The standard InChI is InChI=1S/C18H15FN2O2/c1-2-23-18(22)12-4-3-5-14(10-12)21-16-8-9-20-17-11-13(19)6-7-15(16)17/h3-11H,2H2,1H3,(H,20,21). The number of esters is 1. The minimum absolute atomic E-state index is 0.327. The van der Waals surface area contributed by atoms with Gasteiger partial charge in [0.05, 0.1) is 17.7 Å². The largest absolute Gasteiger partial charge is 0.462 e. The van der Waals surface area contributed by atoms with Crippen molar-refractivity contribution in [2.75, 3.05) is 11.9 Å². The van der Waals surface area contributed by atoms with Crippen molar-refractivity contribution in [1.82, 2.24) is 4.98 Å². The molecule has 3 aromatic rings. The van der Waals surface area contributed by atoms with Crippen molar-refractivity contribution in [1.29, 1.82) is 0 Å². The Labute approximate surface area is 132 Å². The molecule has 0 aliphatic rings. The first-order chi connectivity index (χ1) is 11.2. The minimum Gasteiger partial charge on any atom is -0.462 e. The molecule has 0 fully saturated rings. The lowest BCUT2D eigenvalue weighted by Gasteiger charge is -2.10. The van der Waals surface area contributed by atoms with Gasteiger partial charge in [-0.25, -0.2) is 9.18 Å². The predicted molar refractivity (Wildman–Crippen MR) is 87.4 cm³/mol. The predicted octanol–water partition coefficient (Wildman–Crippen LogP) is 4.29. The van der Waals surface area contributed by atoms with Gasteiger partial charge in [0.1, 0.15) is 5.82 Å². The summed E-state index contributed by atoms with van der Waals surface area (Å²) < 4.78 is 18.3. The Balaban J connectivity index is 1.93. The monoisotopic (exact) mass is 310 g/mol. The van der Waals surface area contributed by atoms with Crippen LogP contribution in [0.5, 0.6) is 0 Å². The van der Waals surface area contributed by atoms with Crippen LogP contribution in [0.2, 0.25) is 0 Å². The molecule has 4 nitrogen and oxygen atoms in total. The van der Waals surface area contributed by atoms with Crippen molar-refractivity contribution >= 4 is 28.2 Å². The highest BCUT2D eigenvalue weighted by atomic mass is 19.1. The summed E-state index contributed by atoms with van der Waals surface area (Å²) in [6.07, 6.45) is 1.61. The number of anilines is 2. The molecule has 3 rings (SSSR count). The molecule has 0 amide bonds. The summed E-state index contributed by atoms with van der Waals surface area (Å²) in [4.78, 5) is 16.0. The van der Waals surface area contributed by atoms with E-state index in [1.165, 1.54) is 12.1 Å². The fourth-order valence-electron chi connectivity index (χ4n) is 2.32. The number of nitrogens with one attached hydrogen (secondary N) is 1. The van der Waals surface area contributed by atoms with E-state index in [2.05, 4.69) is 10.3 Å². The molecular formula is C18H15FN2O2. The fourth-order valence-corrected chi connectivity index (χ4v) is 2.32. The normalized spacial score (nSPS) is 10.5. The Morgan fingerprint density at radius 2 is 2.09 bits per heavy atom. The lowest BCUT2D eigenvalue weighted by Crippen LogP contribution is -2.05. The zero-order valence-electron chi connectivity index (χ0n) is 12.5. The molecule has 1 aromatic heterocycles. The molecule has 5 heteroatoms. The van der Waals surface area contributed by atoms with Gasteiger partial charge in [-0.05, 0) is 43.3 Å². The zero-order chi connectivity index (χ0) is 16.2. The number of rotatable bonds is 4. The van der Waals surface area contributed by atoms with Crippen LogP contribution in [0.1, 0.15) is 17.3 Å². The Kier molecular flexibility index (Phi) is 4.19. The van der Waals surface area contributed by atoms with Gasteiger partial charge in [-0.3, -0.25) is 4.98 Å². The fraction of sp³-hybridized carbons (Fsp3) is 0.111. The van der Waals surface area contributed by atoms with Crippen molar-refractivity contribution in [3.05, 3.63) is 66.1 Å².